The van der Waals surface area contributed by atoms with Gasteiger partial charge in [0.15, 0.2) is 0 Å². The van der Waals surface area contributed by atoms with Crippen LogP contribution in [0.1, 0.15) is 5.56 Å². The number of thioether (sulfide) groups is 1. The molecule has 0 fully saturated rings. The molecule has 0 N–H and O–H groups in total. The predicted molar refractivity (Wildman–Crippen MR) is 64.8 cm³/mol. The van der Waals surface area contributed by atoms with E-state index in [0.29, 0.717) is 6.54 Å². The van der Waals surface area contributed by atoms with E-state index in [1.165, 1.54) is 5.56 Å². The van der Waals surface area contributed by atoms with Crippen molar-refractivity contribution in [1.29, 1.82) is 0 Å². The van der Waals surface area contributed by atoms with Crippen LogP contribution in [0.25, 0.3) is 0 Å². The molecule has 1 aliphatic heterocycles. The number of fused-ring (bicyclic) bond motifs is 1. The highest BCUT2D eigenvalue weighted by Gasteiger charge is 2.23. The molecule has 1 aliphatic rings. The quantitative estimate of drug-likeness (QED) is 0.758. The minimum atomic E-state index is -1.13. The first kappa shape index (κ1) is 12.0. The lowest BCUT2D eigenvalue weighted by molar-refractivity contribution is -0.301. The Morgan fingerprint density at radius 3 is 2.82 bits per heavy atom. The first-order valence-corrected chi connectivity index (χ1v) is 6.50. The number of carbonyl (C=O) groups is 2. The van der Waals surface area contributed by atoms with E-state index in [-0.39, 0.29) is 17.4 Å². The van der Waals surface area contributed by atoms with Gasteiger partial charge in [-0.15, -0.1) is 11.8 Å². The van der Waals surface area contributed by atoms with Crippen LogP contribution in [0.2, 0.25) is 0 Å². The van der Waals surface area contributed by atoms with Crippen molar-refractivity contribution < 1.29 is 14.7 Å². The fraction of sp³-hybridized carbons (Fsp3) is 0.333. The van der Waals surface area contributed by atoms with Crippen molar-refractivity contribution >= 4 is 29.3 Å². The second-order valence-corrected chi connectivity index (χ2v) is 4.77. The molecule has 1 aromatic carbocycles. The van der Waals surface area contributed by atoms with Crippen molar-refractivity contribution in [3.63, 3.8) is 0 Å². The summed E-state index contributed by atoms with van der Waals surface area (Å²) in [6.45, 7) is 0.685. The van der Waals surface area contributed by atoms with E-state index in [0.717, 1.165) is 23.9 Å². The highest BCUT2D eigenvalue weighted by molar-refractivity contribution is 8.00. The van der Waals surface area contributed by atoms with Gasteiger partial charge < -0.3 is 14.8 Å². The fourth-order valence-electron chi connectivity index (χ4n) is 1.90. The second kappa shape index (κ2) is 5.23. The molecular weight excluding hydrogens is 238 g/mol. The lowest BCUT2D eigenvalue weighted by atomic mass is 10.2. The molecular formula is C12H12NO3S-. The predicted octanol–water partition coefficient (Wildman–Crippen LogP) is 0.0588. The summed E-state index contributed by atoms with van der Waals surface area (Å²) in [7, 11) is 0. The van der Waals surface area contributed by atoms with E-state index in [2.05, 4.69) is 0 Å². The van der Waals surface area contributed by atoms with Crippen LogP contribution in [0.3, 0.4) is 0 Å². The van der Waals surface area contributed by atoms with Gasteiger partial charge in [0.2, 0.25) is 5.91 Å². The Labute approximate surface area is 104 Å². The van der Waals surface area contributed by atoms with Gasteiger partial charge in [-0.2, -0.15) is 0 Å². The summed E-state index contributed by atoms with van der Waals surface area (Å²) < 4.78 is 0. The zero-order valence-corrected chi connectivity index (χ0v) is 10.0. The van der Waals surface area contributed by atoms with Crippen LogP contribution in [0.4, 0.5) is 5.69 Å². The number of carboxylic acid groups (broad SMARTS) is 1. The van der Waals surface area contributed by atoms with E-state index in [4.69, 9.17) is 0 Å². The Morgan fingerprint density at radius 1 is 1.29 bits per heavy atom. The monoisotopic (exact) mass is 250 g/mol. The number of benzene rings is 1. The molecule has 0 saturated carbocycles. The molecule has 90 valence electrons. The third-order valence-corrected chi connectivity index (χ3v) is 3.52. The molecule has 4 nitrogen and oxygen atoms in total. The lowest BCUT2D eigenvalue weighted by Gasteiger charge is -2.17. The van der Waals surface area contributed by atoms with Crippen molar-refractivity contribution in [1.82, 2.24) is 0 Å². The Bertz CT molecular complexity index is 447. The first-order valence-electron chi connectivity index (χ1n) is 5.34. The molecule has 0 radical (unpaired) electrons. The number of hydrogen-bond acceptors (Lipinski definition) is 4. The molecule has 5 heteroatoms. The first-order chi connectivity index (χ1) is 8.18. The van der Waals surface area contributed by atoms with Crippen LogP contribution in [0.15, 0.2) is 24.3 Å². The third kappa shape index (κ3) is 2.79. The topological polar surface area (TPSA) is 60.4 Å². The van der Waals surface area contributed by atoms with Crippen molar-refractivity contribution in [3.8, 4) is 0 Å². The van der Waals surface area contributed by atoms with E-state index >= 15 is 0 Å². The molecule has 1 amide bonds. The maximum Gasteiger partial charge on any atom is 0.237 e. The number of para-hydroxylation sites is 1. The zero-order chi connectivity index (χ0) is 12.3. The number of carboxylic acids is 1. The molecule has 0 spiro atoms. The van der Waals surface area contributed by atoms with E-state index in [1.807, 2.05) is 24.3 Å². The van der Waals surface area contributed by atoms with Crippen molar-refractivity contribution in [3.05, 3.63) is 29.8 Å². The molecule has 0 saturated heterocycles. The Kier molecular flexibility index (Phi) is 3.68. The van der Waals surface area contributed by atoms with Gasteiger partial charge in [-0.25, -0.2) is 0 Å². The van der Waals surface area contributed by atoms with Crippen LogP contribution in [-0.4, -0.2) is 29.9 Å². The maximum absolute atomic E-state index is 11.9. The molecule has 0 unspecified atom stereocenters. The minimum Gasteiger partial charge on any atom is -0.549 e. The Hall–Kier alpha value is -1.49. The SMILES string of the molecule is O=C([O-])CSCC(=O)N1CCc2ccccc21. The summed E-state index contributed by atoms with van der Waals surface area (Å²) in [5, 5.41) is 10.2. The highest BCUT2D eigenvalue weighted by atomic mass is 32.2. The summed E-state index contributed by atoms with van der Waals surface area (Å²) in [5.74, 6) is -1.13. The Morgan fingerprint density at radius 2 is 2.06 bits per heavy atom. The number of rotatable bonds is 4. The van der Waals surface area contributed by atoms with Crippen LogP contribution in [0.5, 0.6) is 0 Å². The molecule has 2 rings (SSSR count). The maximum atomic E-state index is 11.9. The molecule has 1 heterocycles. The highest BCUT2D eigenvalue weighted by Crippen LogP contribution is 2.27. The third-order valence-electron chi connectivity index (χ3n) is 2.63. The summed E-state index contributed by atoms with van der Waals surface area (Å²) >= 11 is 1.08. The molecule has 1 aromatic rings. The normalized spacial score (nSPS) is 13.5. The average molecular weight is 250 g/mol. The zero-order valence-electron chi connectivity index (χ0n) is 9.22. The smallest absolute Gasteiger partial charge is 0.237 e. The summed E-state index contributed by atoms with van der Waals surface area (Å²) in [4.78, 5) is 23.8. The molecule has 0 atom stereocenters. The minimum absolute atomic E-state index is 0.0406. The molecule has 17 heavy (non-hydrogen) atoms. The molecule has 0 bridgehead atoms. The Balaban J connectivity index is 1.96. The van der Waals surface area contributed by atoms with Gasteiger partial charge >= 0.3 is 0 Å². The number of amides is 1. The molecule has 0 aliphatic carbocycles. The summed E-state index contributed by atoms with van der Waals surface area (Å²) in [6.07, 6.45) is 0.868. The van der Waals surface area contributed by atoms with Crippen LogP contribution in [0, 0.1) is 0 Å². The van der Waals surface area contributed by atoms with Crippen molar-refractivity contribution in [2.45, 2.75) is 6.42 Å². The van der Waals surface area contributed by atoms with Gasteiger partial charge in [-0.1, -0.05) is 18.2 Å². The number of hydrogen-bond donors (Lipinski definition) is 0. The lowest BCUT2D eigenvalue weighted by Crippen LogP contribution is -2.31. The van der Waals surface area contributed by atoms with Gasteiger partial charge in [0.05, 0.1) is 11.7 Å². The van der Waals surface area contributed by atoms with Crippen LogP contribution in [-0.2, 0) is 16.0 Å². The van der Waals surface area contributed by atoms with Gasteiger partial charge in [-0.3, -0.25) is 4.79 Å². The number of aliphatic carboxylic acids is 1. The van der Waals surface area contributed by atoms with Gasteiger partial charge in [-0.05, 0) is 18.1 Å². The van der Waals surface area contributed by atoms with Crippen molar-refractivity contribution in [2.75, 3.05) is 23.0 Å². The second-order valence-electron chi connectivity index (χ2n) is 3.79. The van der Waals surface area contributed by atoms with Gasteiger partial charge in [0.1, 0.15) is 0 Å². The van der Waals surface area contributed by atoms with E-state index < -0.39 is 5.97 Å². The van der Waals surface area contributed by atoms with E-state index in [1.54, 1.807) is 4.90 Å². The van der Waals surface area contributed by atoms with Gasteiger partial charge in [0.25, 0.3) is 0 Å². The summed E-state index contributed by atoms with van der Waals surface area (Å²) in [6, 6.07) is 7.79. The number of anilines is 1. The molecule has 0 aromatic heterocycles. The van der Waals surface area contributed by atoms with Gasteiger partial charge in [0, 0.05) is 18.0 Å². The largest absolute Gasteiger partial charge is 0.549 e. The number of nitrogens with zero attached hydrogens (tertiary/aromatic N) is 1. The average Bonchev–Trinajstić information content (AvgIpc) is 2.72. The fourth-order valence-corrected chi connectivity index (χ4v) is 2.50. The number of carbonyl (C=O) groups excluding carboxylic acids is 2. The van der Waals surface area contributed by atoms with Crippen LogP contribution >= 0.6 is 11.8 Å². The standard InChI is InChI=1S/C12H13NO3S/c14-11(7-17-8-12(15)16)13-6-5-9-3-1-2-4-10(9)13/h1-4H,5-8H2,(H,15,16)/p-1. The van der Waals surface area contributed by atoms with E-state index in [9.17, 15) is 14.7 Å². The van der Waals surface area contributed by atoms with Crippen LogP contribution < -0.4 is 10.0 Å². The summed E-state index contributed by atoms with van der Waals surface area (Å²) in [5.41, 5.74) is 2.12. The van der Waals surface area contributed by atoms with Crippen molar-refractivity contribution in [2.24, 2.45) is 0 Å².